The van der Waals surface area contributed by atoms with Crippen molar-refractivity contribution in [1.29, 1.82) is 0 Å². The molecular formula is C17H26N4O5. The van der Waals surface area contributed by atoms with Crippen molar-refractivity contribution in [2.24, 2.45) is 7.05 Å². The summed E-state index contributed by atoms with van der Waals surface area (Å²) in [4.78, 5) is 38.1. The molecule has 1 fully saturated rings. The van der Waals surface area contributed by atoms with Gasteiger partial charge in [-0.1, -0.05) is 0 Å². The molecule has 2 rings (SSSR count). The highest BCUT2D eigenvalue weighted by atomic mass is 16.5. The van der Waals surface area contributed by atoms with Crippen LogP contribution in [0.3, 0.4) is 0 Å². The molecule has 1 aromatic heterocycles. The summed E-state index contributed by atoms with van der Waals surface area (Å²) in [5.41, 5.74) is 2.73. The van der Waals surface area contributed by atoms with Gasteiger partial charge in [0.25, 0.3) is 0 Å². The Hall–Kier alpha value is -2.42. The van der Waals surface area contributed by atoms with Crippen LogP contribution >= 0.6 is 0 Å². The number of aryl methyl sites for hydroxylation is 2. The summed E-state index contributed by atoms with van der Waals surface area (Å²) in [5.74, 6) is -1.43. The molecule has 0 bridgehead atoms. The maximum Gasteiger partial charge on any atom is 0.323 e. The Kier molecular flexibility index (Phi) is 6.36. The number of carbonyl (C=O) groups is 3. The van der Waals surface area contributed by atoms with Crippen molar-refractivity contribution in [3.05, 3.63) is 17.0 Å². The van der Waals surface area contributed by atoms with Gasteiger partial charge in [-0.2, -0.15) is 5.10 Å². The number of aromatic nitrogens is 2. The van der Waals surface area contributed by atoms with Crippen molar-refractivity contribution < 1.29 is 24.2 Å². The van der Waals surface area contributed by atoms with Crippen LogP contribution in [0, 0.1) is 13.8 Å². The van der Waals surface area contributed by atoms with E-state index in [1.54, 1.807) is 9.58 Å². The van der Waals surface area contributed by atoms with Crippen molar-refractivity contribution in [3.63, 3.8) is 0 Å². The summed E-state index contributed by atoms with van der Waals surface area (Å²) < 4.78 is 7.39. The van der Waals surface area contributed by atoms with Crippen LogP contribution in [0.25, 0.3) is 0 Å². The predicted octanol–water partition coefficient (Wildman–Crippen LogP) is -0.260. The van der Waals surface area contributed by atoms with Gasteiger partial charge in [-0.25, -0.2) is 0 Å². The maximum atomic E-state index is 12.7. The fourth-order valence-electron chi connectivity index (χ4n) is 3.11. The lowest BCUT2D eigenvalue weighted by atomic mass is 10.1. The number of hydrogen-bond acceptors (Lipinski definition) is 5. The summed E-state index contributed by atoms with van der Waals surface area (Å²) in [7, 11) is 1.85. The highest BCUT2D eigenvalue weighted by molar-refractivity contribution is 5.80. The van der Waals surface area contributed by atoms with Gasteiger partial charge in [-0.05, 0) is 13.8 Å². The lowest BCUT2D eigenvalue weighted by molar-refractivity contribution is -0.147. The van der Waals surface area contributed by atoms with E-state index in [-0.39, 0.29) is 31.3 Å². The molecule has 0 aliphatic carbocycles. The SMILES string of the molecule is CC(=O)N(CC(=O)O)CC1CN(C(=O)Cc2c(C)nn(C)c2C)CCO1. The molecule has 9 nitrogen and oxygen atoms in total. The Morgan fingerprint density at radius 2 is 2.04 bits per heavy atom. The number of aliphatic carboxylic acids is 1. The van der Waals surface area contributed by atoms with Crippen LogP contribution in [-0.4, -0.2) is 81.4 Å². The van der Waals surface area contributed by atoms with E-state index in [9.17, 15) is 14.4 Å². The van der Waals surface area contributed by atoms with Crippen LogP contribution in [0.5, 0.6) is 0 Å². The molecule has 0 aromatic carbocycles. The number of nitrogens with zero attached hydrogens (tertiary/aromatic N) is 4. The first-order valence-corrected chi connectivity index (χ1v) is 8.54. The Labute approximate surface area is 152 Å². The van der Waals surface area contributed by atoms with Gasteiger partial charge in [0.2, 0.25) is 11.8 Å². The van der Waals surface area contributed by atoms with Crippen LogP contribution in [0.2, 0.25) is 0 Å². The van der Waals surface area contributed by atoms with Crippen LogP contribution in [0.1, 0.15) is 23.9 Å². The highest BCUT2D eigenvalue weighted by Gasteiger charge is 2.28. The molecule has 1 aromatic rings. The molecule has 0 saturated carbocycles. The van der Waals surface area contributed by atoms with Crippen LogP contribution in [-0.2, 0) is 32.6 Å². The fraction of sp³-hybridized carbons (Fsp3) is 0.647. The first kappa shape index (κ1) is 19.9. The second-order valence-corrected chi connectivity index (χ2v) is 6.58. The van der Waals surface area contributed by atoms with Gasteiger partial charge in [-0.15, -0.1) is 0 Å². The minimum absolute atomic E-state index is 0.0230. The largest absolute Gasteiger partial charge is 0.480 e. The van der Waals surface area contributed by atoms with Crippen molar-refractivity contribution in [2.45, 2.75) is 33.3 Å². The lowest BCUT2D eigenvalue weighted by Crippen LogP contribution is -2.51. The third-order valence-electron chi connectivity index (χ3n) is 4.67. The van der Waals surface area contributed by atoms with Gasteiger partial charge >= 0.3 is 5.97 Å². The first-order valence-electron chi connectivity index (χ1n) is 8.54. The van der Waals surface area contributed by atoms with Crippen molar-refractivity contribution >= 4 is 17.8 Å². The zero-order valence-electron chi connectivity index (χ0n) is 15.7. The molecule has 1 N–H and O–H groups in total. The van der Waals surface area contributed by atoms with Gasteiger partial charge in [0.15, 0.2) is 0 Å². The third-order valence-corrected chi connectivity index (χ3v) is 4.67. The number of hydrogen-bond donors (Lipinski definition) is 1. The van der Waals surface area contributed by atoms with Crippen molar-refractivity contribution in [1.82, 2.24) is 19.6 Å². The van der Waals surface area contributed by atoms with Crippen molar-refractivity contribution in [2.75, 3.05) is 32.8 Å². The standard InChI is InChI=1S/C17H26N4O5/c1-11-15(12(2)19(4)18-11)7-16(23)20-5-6-26-14(8-20)9-21(13(3)22)10-17(24)25/h14H,5-10H2,1-4H3,(H,24,25). The first-order chi connectivity index (χ1) is 12.2. The molecular weight excluding hydrogens is 340 g/mol. The van der Waals surface area contributed by atoms with Gasteiger partial charge in [0.1, 0.15) is 6.54 Å². The molecule has 2 amide bonds. The molecule has 0 spiro atoms. The van der Waals surface area contributed by atoms with Gasteiger partial charge in [-0.3, -0.25) is 19.1 Å². The highest BCUT2D eigenvalue weighted by Crippen LogP contribution is 2.15. The summed E-state index contributed by atoms with van der Waals surface area (Å²) in [6.45, 7) is 6.08. The number of morpholine rings is 1. The maximum absolute atomic E-state index is 12.7. The van der Waals surface area contributed by atoms with Crippen LogP contribution < -0.4 is 0 Å². The number of carboxylic acids is 1. The number of carbonyl (C=O) groups excluding carboxylic acids is 2. The molecule has 1 atom stereocenters. The molecule has 2 heterocycles. The van der Waals surface area contributed by atoms with Gasteiger partial charge in [0.05, 0.1) is 24.8 Å². The monoisotopic (exact) mass is 366 g/mol. The zero-order valence-corrected chi connectivity index (χ0v) is 15.7. The summed E-state index contributed by atoms with van der Waals surface area (Å²) in [6.07, 6.45) is -0.129. The third kappa shape index (κ3) is 4.81. The van der Waals surface area contributed by atoms with E-state index in [0.29, 0.717) is 19.7 Å². The number of carboxylic acid groups (broad SMARTS) is 1. The lowest BCUT2D eigenvalue weighted by Gasteiger charge is -2.35. The average Bonchev–Trinajstić information content (AvgIpc) is 2.80. The van der Waals surface area contributed by atoms with E-state index in [1.807, 2.05) is 20.9 Å². The number of ether oxygens (including phenoxy) is 1. The van der Waals surface area contributed by atoms with E-state index < -0.39 is 12.1 Å². The fourth-order valence-corrected chi connectivity index (χ4v) is 3.11. The minimum Gasteiger partial charge on any atom is -0.480 e. The summed E-state index contributed by atoms with van der Waals surface area (Å²) in [6, 6.07) is 0. The smallest absolute Gasteiger partial charge is 0.323 e. The average molecular weight is 366 g/mol. The van der Waals surface area contributed by atoms with Crippen LogP contribution in [0.4, 0.5) is 0 Å². The van der Waals surface area contributed by atoms with Gasteiger partial charge in [0, 0.05) is 44.9 Å². The Balaban J connectivity index is 1.99. The summed E-state index contributed by atoms with van der Waals surface area (Å²) in [5, 5.41) is 13.2. The molecule has 0 radical (unpaired) electrons. The molecule has 26 heavy (non-hydrogen) atoms. The predicted molar refractivity (Wildman–Crippen MR) is 92.6 cm³/mol. The van der Waals surface area contributed by atoms with E-state index in [2.05, 4.69) is 5.10 Å². The normalized spacial score (nSPS) is 17.2. The van der Waals surface area contributed by atoms with E-state index in [0.717, 1.165) is 17.0 Å². The summed E-state index contributed by atoms with van der Waals surface area (Å²) >= 11 is 0. The quantitative estimate of drug-likeness (QED) is 0.744. The Morgan fingerprint density at radius 3 is 2.58 bits per heavy atom. The Morgan fingerprint density at radius 1 is 1.35 bits per heavy atom. The molecule has 1 unspecified atom stereocenters. The topological polar surface area (TPSA) is 105 Å². The molecule has 144 valence electrons. The number of rotatable bonds is 6. The van der Waals surface area contributed by atoms with Crippen molar-refractivity contribution in [3.8, 4) is 0 Å². The molecule has 9 heteroatoms. The molecule has 1 aliphatic heterocycles. The minimum atomic E-state index is -1.08. The molecule has 1 aliphatic rings. The molecule has 1 saturated heterocycles. The second-order valence-electron chi connectivity index (χ2n) is 6.58. The van der Waals surface area contributed by atoms with Crippen LogP contribution in [0.15, 0.2) is 0 Å². The van der Waals surface area contributed by atoms with E-state index >= 15 is 0 Å². The number of amides is 2. The van der Waals surface area contributed by atoms with E-state index in [4.69, 9.17) is 9.84 Å². The zero-order chi connectivity index (χ0) is 19.4. The second kappa shape index (κ2) is 8.31. The Bertz CT molecular complexity index is 700. The van der Waals surface area contributed by atoms with Gasteiger partial charge < -0.3 is 19.6 Å². The van der Waals surface area contributed by atoms with E-state index in [1.165, 1.54) is 11.8 Å².